The van der Waals surface area contributed by atoms with E-state index in [9.17, 15) is 9.18 Å². The average molecular weight is 511 g/mol. The molecule has 0 saturated carbocycles. The lowest BCUT2D eigenvalue weighted by Gasteiger charge is -2.35. The average Bonchev–Trinajstić information content (AvgIpc) is 2.72. The molecular formula is C32H43FO4. The van der Waals surface area contributed by atoms with E-state index in [1.807, 2.05) is 27.7 Å². The summed E-state index contributed by atoms with van der Waals surface area (Å²) in [6, 6.07) is 0. The summed E-state index contributed by atoms with van der Waals surface area (Å²) in [6.07, 6.45) is 8.06. The molecule has 0 bridgehead atoms. The fraction of sp³-hybridized carbons (Fsp3) is 0.344. The summed E-state index contributed by atoms with van der Waals surface area (Å²) in [5, 5.41) is 0. The quantitative estimate of drug-likeness (QED) is 0.0901. The van der Waals surface area contributed by atoms with Crippen LogP contribution >= 0.6 is 0 Å². The Labute approximate surface area is 223 Å². The van der Waals surface area contributed by atoms with Crippen molar-refractivity contribution < 1.29 is 23.4 Å². The fourth-order valence-corrected chi connectivity index (χ4v) is 3.25. The molecule has 37 heavy (non-hydrogen) atoms. The van der Waals surface area contributed by atoms with Gasteiger partial charge in [-0.1, -0.05) is 58.2 Å². The van der Waals surface area contributed by atoms with Crippen LogP contribution in [-0.4, -0.2) is 23.3 Å². The van der Waals surface area contributed by atoms with Crippen LogP contribution in [0.15, 0.2) is 122 Å². The number of esters is 1. The third kappa shape index (κ3) is 13.9. The minimum absolute atomic E-state index is 0.0154. The summed E-state index contributed by atoms with van der Waals surface area (Å²) in [6.45, 7) is 39.4. The molecule has 4 nitrogen and oxygen atoms in total. The molecule has 0 aliphatic carbocycles. The number of carbonyl (C=O) groups excluding carboxylic acids is 1. The van der Waals surface area contributed by atoms with E-state index >= 15 is 0 Å². The summed E-state index contributed by atoms with van der Waals surface area (Å²) in [4.78, 5) is 11.9. The first-order valence-electron chi connectivity index (χ1n) is 11.9. The van der Waals surface area contributed by atoms with Crippen molar-refractivity contribution in [2.75, 3.05) is 0 Å². The summed E-state index contributed by atoms with van der Waals surface area (Å²) >= 11 is 0. The number of rotatable bonds is 16. The summed E-state index contributed by atoms with van der Waals surface area (Å²) in [5.41, 5.74) is 0.144. The molecule has 0 rings (SSSR count). The Morgan fingerprint density at radius 2 is 1.27 bits per heavy atom. The van der Waals surface area contributed by atoms with Gasteiger partial charge in [0.2, 0.25) is 0 Å². The maximum atomic E-state index is 14.7. The number of carbonyl (C=O) groups is 1. The maximum Gasteiger partial charge on any atom is 0.333 e. The molecule has 0 aliphatic heterocycles. The monoisotopic (exact) mass is 510 g/mol. The van der Waals surface area contributed by atoms with Gasteiger partial charge < -0.3 is 14.2 Å². The van der Waals surface area contributed by atoms with Gasteiger partial charge >= 0.3 is 5.97 Å². The topological polar surface area (TPSA) is 44.8 Å². The Morgan fingerprint density at radius 1 is 0.784 bits per heavy atom. The minimum atomic E-state index is -0.778. The van der Waals surface area contributed by atoms with Crippen LogP contribution in [0.5, 0.6) is 0 Å². The first kappa shape index (κ1) is 33.4. The van der Waals surface area contributed by atoms with E-state index in [4.69, 9.17) is 14.2 Å². The number of allylic oxidation sites excluding steroid dienone is 10. The maximum absolute atomic E-state index is 14.7. The van der Waals surface area contributed by atoms with Gasteiger partial charge in [-0.05, 0) is 83.4 Å². The van der Waals surface area contributed by atoms with E-state index in [1.165, 1.54) is 6.08 Å². The van der Waals surface area contributed by atoms with Gasteiger partial charge in [0, 0.05) is 17.6 Å². The van der Waals surface area contributed by atoms with Crippen LogP contribution in [0.1, 0.15) is 54.9 Å². The van der Waals surface area contributed by atoms with Crippen molar-refractivity contribution in [3.05, 3.63) is 122 Å². The molecule has 202 valence electrons. The molecule has 0 fully saturated rings. The smallest absolute Gasteiger partial charge is 0.333 e. The van der Waals surface area contributed by atoms with E-state index in [1.54, 1.807) is 45.1 Å². The van der Waals surface area contributed by atoms with Gasteiger partial charge in [0.15, 0.2) is 0 Å². The molecule has 5 heteroatoms. The van der Waals surface area contributed by atoms with E-state index in [0.29, 0.717) is 40.2 Å². The zero-order valence-corrected chi connectivity index (χ0v) is 23.6. The first-order chi connectivity index (χ1) is 16.8. The zero-order valence-electron chi connectivity index (χ0n) is 23.6. The van der Waals surface area contributed by atoms with Crippen molar-refractivity contribution in [3.8, 4) is 0 Å². The van der Waals surface area contributed by atoms with Crippen molar-refractivity contribution >= 4 is 5.97 Å². The molecule has 0 saturated heterocycles. The molecule has 0 aromatic rings. The molecule has 0 aromatic carbocycles. The minimum Gasteiger partial charge on any atom is -0.492 e. The number of hydrogen-bond donors (Lipinski definition) is 0. The number of hydrogen-bond acceptors (Lipinski definition) is 4. The third-order valence-electron chi connectivity index (χ3n) is 4.69. The summed E-state index contributed by atoms with van der Waals surface area (Å²) < 4.78 is 31.6. The molecule has 0 atom stereocenters. The normalized spacial score (nSPS) is 12.4. The lowest BCUT2D eigenvalue weighted by atomic mass is 9.92. The second-order valence-electron chi connectivity index (χ2n) is 10.3. The molecule has 0 spiro atoms. The molecule has 0 unspecified atom stereocenters. The predicted molar refractivity (Wildman–Crippen MR) is 153 cm³/mol. The van der Waals surface area contributed by atoms with Gasteiger partial charge in [0.1, 0.15) is 28.5 Å². The summed E-state index contributed by atoms with van der Waals surface area (Å²) in [7, 11) is 0. The van der Waals surface area contributed by atoms with Crippen LogP contribution in [0.25, 0.3) is 0 Å². The van der Waals surface area contributed by atoms with Gasteiger partial charge in [-0.25, -0.2) is 9.18 Å². The first-order valence-corrected chi connectivity index (χ1v) is 11.9. The van der Waals surface area contributed by atoms with Gasteiger partial charge in [0.25, 0.3) is 0 Å². The van der Waals surface area contributed by atoms with Crippen LogP contribution in [-0.2, 0) is 19.0 Å². The van der Waals surface area contributed by atoms with Crippen molar-refractivity contribution in [2.45, 2.75) is 72.2 Å². The molecule has 0 radical (unpaired) electrons. The molecule has 0 aliphatic rings. The van der Waals surface area contributed by atoms with E-state index < -0.39 is 23.0 Å². The SMILES string of the molecule is C=C(/C=C\C(=C)C(=C)/C(F)=C\C(=C)C(=C)/C=C\C(=C)OC(C)(C)CC(C)(C)OC(=O)C(=C)C)OC(C)C. The highest BCUT2D eigenvalue weighted by Gasteiger charge is 2.33. The Balaban J connectivity index is 5.10. The Morgan fingerprint density at radius 3 is 1.78 bits per heavy atom. The Kier molecular flexibility index (Phi) is 12.8. The van der Waals surface area contributed by atoms with E-state index in [-0.39, 0.29) is 11.7 Å². The van der Waals surface area contributed by atoms with Crippen LogP contribution in [0, 0.1) is 0 Å². The standard InChI is InChI=1S/C32H43FO4/c1-21(2)30(34)37-32(13,14)20-31(11,12)36-27(9)18-15-23(5)25(7)19-29(33)28(10)24(6)16-17-26(8)35-22(3)4/h15-19,22H,1,5-10,20H2,2-4,11-14H3/b17-16-,18-15-,29-19+. The van der Waals surface area contributed by atoms with Crippen molar-refractivity contribution in [1.29, 1.82) is 0 Å². The second kappa shape index (κ2) is 14.2. The molecule has 0 N–H and O–H groups in total. The Bertz CT molecular complexity index is 1060. The highest BCUT2D eigenvalue weighted by molar-refractivity contribution is 5.87. The molecule has 0 amide bonds. The van der Waals surface area contributed by atoms with Gasteiger partial charge in [-0.3, -0.25) is 0 Å². The highest BCUT2D eigenvalue weighted by Crippen LogP contribution is 2.29. The van der Waals surface area contributed by atoms with Crippen molar-refractivity contribution in [1.82, 2.24) is 0 Å². The van der Waals surface area contributed by atoms with Crippen LogP contribution in [0.3, 0.4) is 0 Å². The van der Waals surface area contributed by atoms with Crippen LogP contribution in [0.4, 0.5) is 4.39 Å². The molecule has 0 heterocycles. The lowest BCUT2D eigenvalue weighted by Crippen LogP contribution is -2.38. The van der Waals surface area contributed by atoms with Gasteiger partial charge in [0.05, 0.1) is 6.10 Å². The van der Waals surface area contributed by atoms with Gasteiger partial charge in [-0.15, -0.1) is 0 Å². The van der Waals surface area contributed by atoms with Crippen LogP contribution < -0.4 is 0 Å². The van der Waals surface area contributed by atoms with Gasteiger partial charge in [-0.2, -0.15) is 0 Å². The van der Waals surface area contributed by atoms with E-state index in [2.05, 4.69) is 46.1 Å². The number of ether oxygens (including phenoxy) is 3. The Hall–Kier alpha value is -3.60. The second-order valence-corrected chi connectivity index (χ2v) is 10.3. The van der Waals surface area contributed by atoms with Crippen LogP contribution in [0.2, 0.25) is 0 Å². The fourth-order valence-electron chi connectivity index (χ4n) is 3.25. The van der Waals surface area contributed by atoms with Crippen molar-refractivity contribution in [3.63, 3.8) is 0 Å². The largest absolute Gasteiger partial charge is 0.492 e. The third-order valence-corrected chi connectivity index (χ3v) is 4.69. The van der Waals surface area contributed by atoms with Crippen molar-refractivity contribution in [2.24, 2.45) is 0 Å². The van der Waals surface area contributed by atoms with E-state index in [0.717, 1.165) is 0 Å². The predicted octanol–water partition coefficient (Wildman–Crippen LogP) is 8.71. The highest BCUT2D eigenvalue weighted by atomic mass is 19.1. The molecule has 0 aromatic heterocycles. The molecular weight excluding hydrogens is 467 g/mol. The number of halogens is 1. The lowest BCUT2D eigenvalue weighted by molar-refractivity contribution is -0.156. The summed E-state index contributed by atoms with van der Waals surface area (Å²) in [5.74, 6) is -0.245. The zero-order chi connectivity index (χ0) is 29.1.